The van der Waals surface area contributed by atoms with E-state index >= 15 is 0 Å². The van der Waals surface area contributed by atoms with Crippen LogP contribution < -0.4 is 15.4 Å². The number of fused-ring (bicyclic) bond motifs is 1. The van der Waals surface area contributed by atoms with Crippen LogP contribution in [0.1, 0.15) is 27.7 Å². The van der Waals surface area contributed by atoms with Gasteiger partial charge in [0.15, 0.2) is 17.4 Å². The maximum Gasteiger partial charge on any atom is 0.258 e. The smallest absolute Gasteiger partial charge is 0.258 e. The summed E-state index contributed by atoms with van der Waals surface area (Å²) in [6.45, 7) is 8.99. The molecule has 0 aliphatic carbocycles. The summed E-state index contributed by atoms with van der Waals surface area (Å²) in [7, 11) is 0. The van der Waals surface area contributed by atoms with Gasteiger partial charge in [-0.3, -0.25) is 4.79 Å². The third kappa shape index (κ3) is 6.63. The Hall–Kier alpha value is -2.23. The number of halogens is 2. The van der Waals surface area contributed by atoms with E-state index in [2.05, 4.69) is 53.4 Å². The Kier molecular flexibility index (Phi) is 8.44. The van der Waals surface area contributed by atoms with Crippen LogP contribution in [0.3, 0.4) is 0 Å². The van der Waals surface area contributed by atoms with Crippen molar-refractivity contribution in [1.29, 1.82) is 0 Å². The van der Waals surface area contributed by atoms with Crippen LogP contribution in [0.2, 0.25) is 10.0 Å². The predicted octanol–water partition coefficient (Wildman–Crippen LogP) is 4.65. The molecular weight excluding hydrogens is 471 g/mol. The van der Waals surface area contributed by atoms with Gasteiger partial charge in [-0.05, 0) is 32.0 Å². The number of benzene rings is 1. The second-order valence-electron chi connectivity index (χ2n) is 7.64. The van der Waals surface area contributed by atoms with Gasteiger partial charge in [-0.2, -0.15) is 5.10 Å². The number of rotatable bonds is 10. The van der Waals surface area contributed by atoms with Gasteiger partial charge in [-0.15, -0.1) is 0 Å². The molecule has 1 amide bonds. The SMILES string of the molecule is CC(C)Nc1nc(SC(C)C)nc2c1cnn2CCNC(=O)COc1ccc(Cl)cc1Cl. The first-order valence-corrected chi connectivity index (χ1v) is 11.9. The van der Waals surface area contributed by atoms with E-state index in [0.717, 1.165) is 16.9 Å². The molecule has 3 aromatic rings. The maximum absolute atomic E-state index is 12.2. The van der Waals surface area contributed by atoms with Crippen LogP contribution in [0, 0.1) is 0 Å². The number of hydrogen-bond donors (Lipinski definition) is 2. The lowest BCUT2D eigenvalue weighted by atomic mass is 10.3. The highest BCUT2D eigenvalue weighted by Crippen LogP contribution is 2.28. The van der Waals surface area contributed by atoms with Crippen molar-refractivity contribution in [3.8, 4) is 5.75 Å². The standard InChI is InChI=1S/C21H26Cl2N6O2S/c1-12(2)26-19-15-10-25-29(20(15)28-21(27-19)32-13(3)4)8-7-24-18(30)11-31-17-6-5-14(22)9-16(17)23/h5-6,9-10,12-13H,7-8,11H2,1-4H3,(H,24,30)(H,26,27,28). The third-order valence-electron chi connectivity index (χ3n) is 4.14. The van der Waals surface area contributed by atoms with Gasteiger partial charge in [0.25, 0.3) is 5.91 Å². The van der Waals surface area contributed by atoms with E-state index in [0.29, 0.717) is 39.3 Å². The van der Waals surface area contributed by atoms with Crippen molar-refractivity contribution >= 4 is 57.7 Å². The minimum atomic E-state index is -0.264. The van der Waals surface area contributed by atoms with E-state index in [1.165, 1.54) is 0 Å². The summed E-state index contributed by atoms with van der Waals surface area (Å²) in [4.78, 5) is 21.5. The molecule has 0 aliphatic heterocycles. The number of anilines is 1. The van der Waals surface area contributed by atoms with Crippen molar-refractivity contribution in [3.05, 3.63) is 34.4 Å². The second kappa shape index (κ2) is 11.1. The van der Waals surface area contributed by atoms with Crippen LogP contribution in [0.25, 0.3) is 11.0 Å². The zero-order valence-corrected chi connectivity index (χ0v) is 20.7. The van der Waals surface area contributed by atoms with E-state index in [1.54, 1.807) is 40.8 Å². The first kappa shape index (κ1) is 24.4. The van der Waals surface area contributed by atoms with Crippen LogP contribution in [0.15, 0.2) is 29.6 Å². The lowest BCUT2D eigenvalue weighted by Crippen LogP contribution is -2.31. The van der Waals surface area contributed by atoms with Crippen LogP contribution in [0.4, 0.5) is 5.82 Å². The molecule has 0 atom stereocenters. The Morgan fingerprint density at radius 3 is 2.69 bits per heavy atom. The molecule has 0 saturated heterocycles. The molecule has 11 heteroatoms. The van der Waals surface area contributed by atoms with Gasteiger partial charge in [-0.1, -0.05) is 48.8 Å². The highest BCUT2D eigenvalue weighted by Gasteiger charge is 2.15. The highest BCUT2D eigenvalue weighted by atomic mass is 35.5. The summed E-state index contributed by atoms with van der Waals surface area (Å²) in [5, 5.41) is 13.4. The number of thioether (sulfide) groups is 1. The van der Waals surface area contributed by atoms with Crippen molar-refractivity contribution in [1.82, 2.24) is 25.1 Å². The average Bonchev–Trinajstić information content (AvgIpc) is 3.09. The fraction of sp³-hybridized carbons (Fsp3) is 0.429. The van der Waals surface area contributed by atoms with Gasteiger partial charge in [-0.25, -0.2) is 14.6 Å². The molecule has 0 spiro atoms. The summed E-state index contributed by atoms with van der Waals surface area (Å²) in [6, 6.07) is 5.07. The fourth-order valence-corrected chi connectivity index (χ4v) is 4.00. The van der Waals surface area contributed by atoms with Crippen LogP contribution in [-0.4, -0.2) is 50.1 Å². The molecule has 0 saturated carbocycles. The molecular formula is C21H26Cl2N6O2S. The third-order valence-corrected chi connectivity index (χ3v) is 5.54. The lowest BCUT2D eigenvalue weighted by Gasteiger charge is -2.13. The monoisotopic (exact) mass is 496 g/mol. The Labute approximate surface area is 201 Å². The molecule has 0 fully saturated rings. The number of amides is 1. The molecule has 0 aliphatic rings. The van der Waals surface area contributed by atoms with E-state index in [9.17, 15) is 4.79 Å². The van der Waals surface area contributed by atoms with E-state index in [1.807, 2.05) is 0 Å². The fourth-order valence-electron chi connectivity index (χ4n) is 2.83. The largest absolute Gasteiger partial charge is 0.482 e. The van der Waals surface area contributed by atoms with Gasteiger partial charge in [0, 0.05) is 22.9 Å². The highest BCUT2D eigenvalue weighted by molar-refractivity contribution is 7.99. The molecule has 8 nitrogen and oxygen atoms in total. The van der Waals surface area contributed by atoms with E-state index < -0.39 is 0 Å². The summed E-state index contributed by atoms with van der Waals surface area (Å²) in [6.07, 6.45) is 1.75. The molecule has 32 heavy (non-hydrogen) atoms. The molecule has 0 radical (unpaired) electrons. The van der Waals surface area contributed by atoms with Gasteiger partial charge >= 0.3 is 0 Å². The zero-order valence-electron chi connectivity index (χ0n) is 18.4. The summed E-state index contributed by atoms with van der Waals surface area (Å²) in [5.74, 6) is 0.901. The number of aromatic nitrogens is 4. The summed E-state index contributed by atoms with van der Waals surface area (Å²) >= 11 is 13.5. The minimum absolute atomic E-state index is 0.152. The summed E-state index contributed by atoms with van der Waals surface area (Å²) < 4.78 is 7.23. The van der Waals surface area contributed by atoms with Crippen LogP contribution in [0.5, 0.6) is 5.75 Å². The molecule has 2 N–H and O–H groups in total. The maximum atomic E-state index is 12.2. The molecule has 1 aromatic carbocycles. The Balaban J connectivity index is 1.63. The number of hydrogen-bond acceptors (Lipinski definition) is 7. The van der Waals surface area contributed by atoms with Crippen LogP contribution in [-0.2, 0) is 11.3 Å². The Morgan fingerprint density at radius 1 is 1.22 bits per heavy atom. The molecule has 172 valence electrons. The molecule has 0 unspecified atom stereocenters. The van der Waals surface area contributed by atoms with E-state index in [4.69, 9.17) is 27.9 Å². The molecule has 2 heterocycles. The van der Waals surface area contributed by atoms with Crippen LogP contribution >= 0.6 is 35.0 Å². The first-order valence-electron chi connectivity index (χ1n) is 10.2. The second-order valence-corrected chi connectivity index (χ2v) is 10.0. The molecule has 0 bridgehead atoms. The Bertz CT molecular complexity index is 1090. The number of carbonyl (C=O) groups excluding carboxylic acids is 1. The van der Waals surface area contributed by atoms with Crippen molar-refractivity contribution in [2.45, 2.75) is 50.7 Å². The normalized spacial score (nSPS) is 11.4. The van der Waals surface area contributed by atoms with Crippen molar-refractivity contribution in [3.63, 3.8) is 0 Å². The number of nitrogens with one attached hydrogen (secondary N) is 2. The van der Waals surface area contributed by atoms with Gasteiger partial charge < -0.3 is 15.4 Å². The number of carbonyl (C=O) groups is 1. The first-order chi connectivity index (χ1) is 15.2. The van der Waals surface area contributed by atoms with Crippen molar-refractivity contribution in [2.24, 2.45) is 0 Å². The van der Waals surface area contributed by atoms with Crippen molar-refractivity contribution in [2.75, 3.05) is 18.5 Å². The van der Waals surface area contributed by atoms with Crippen molar-refractivity contribution < 1.29 is 9.53 Å². The molecule has 2 aromatic heterocycles. The quantitative estimate of drug-likeness (QED) is 0.311. The van der Waals surface area contributed by atoms with Gasteiger partial charge in [0.1, 0.15) is 11.6 Å². The molecule has 3 rings (SSSR count). The Morgan fingerprint density at radius 2 is 2.00 bits per heavy atom. The predicted molar refractivity (Wildman–Crippen MR) is 130 cm³/mol. The topological polar surface area (TPSA) is 94.0 Å². The van der Waals surface area contributed by atoms with Gasteiger partial charge in [0.05, 0.1) is 23.2 Å². The lowest BCUT2D eigenvalue weighted by molar-refractivity contribution is -0.123. The summed E-state index contributed by atoms with van der Waals surface area (Å²) in [5.41, 5.74) is 0.727. The number of ether oxygens (including phenoxy) is 1. The zero-order chi connectivity index (χ0) is 23.3. The van der Waals surface area contributed by atoms with E-state index in [-0.39, 0.29) is 18.6 Å². The average molecular weight is 497 g/mol. The van der Waals surface area contributed by atoms with Gasteiger partial charge in [0.2, 0.25) is 0 Å². The number of nitrogens with zero attached hydrogens (tertiary/aromatic N) is 4. The minimum Gasteiger partial charge on any atom is -0.482 e.